The van der Waals surface area contributed by atoms with Crippen molar-refractivity contribution >= 4 is 31.5 Å². The van der Waals surface area contributed by atoms with Gasteiger partial charge in [-0.2, -0.15) is 5.10 Å². The van der Waals surface area contributed by atoms with E-state index in [1.807, 2.05) is 0 Å². The predicted octanol–water partition coefficient (Wildman–Crippen LogP) is 1.44. The summed E-state index contributed by atoms with van der Waals surface area (Å²) in [5.74, 6) is -0.202. The number of hydrogen-bond donors (Lipinski definition) is 1. The molecule has 0 aliphatic rings. The van der Waals surface area contributed by atoms with Crippen molar-refractivity contribution in [3.8, 4) is 0 Å². The molecule has 8 heteroatoms. The Morgan fingerprint density at radius 1 is 1.47 bits per heavy atom. The Kier molecular flexibility index (Phi) is 3.64. The number of halogens is 1. The Morgan fingerprint density at radius 2 is 2.16 bits per heavy atom. The van der Waals surface area contributed by atoms with Gasteiger partial charge in [0.2, 0.25) is 9.84 Å². The minimum atomic E-state index is -3.60. The molecule has 0 atom stereocenters. The first kappa shape index (κ1) is 14.0. The third kappa shape index (κ3) is 2.64. The average molecular weight is 345 g/mol. The van der Waals surface area contributed by atoms with Gasteiger partial charge >= 0.3 is 0 Å². The van der Waals surface area contributed by atoms with E-state index in [1.54, 1.807) is 20.0 Å². The molecule has 0 bridgehead atoms. The Morgan fingerprint density at radius 3 is 2.68 bits per heavy atom. The van der Waals surface area contributed by atoms with Gasteiger partial charge in [0, 0.05) is 13.2 Å². The number of aromatic nitrogens is 3. The maximum absolute atomic E-state index is 12.3. The number of nitrogens with two attached hydrogens (primary N) is 1. The second kappa shape index (κ2) is 4.93. The average Bonchev–Trinajstić information content (AvgIpc) is 2.56. The fraction of sp³-hybridized carbons (Fsp3) is 0.273. The van der Waals surface area contributed by atoms with Gasteiger partial charge in [-0.3, -0.25) is 4.68 Å². The fourth-order valence-corrected chi connectivity index (χ4v) is 3.89. The molecule has 0 spiro atoms. The van der Waals surface area contributed by atoms with Crippen molar-refractivity contribution in [3.63, 3.8) is 0 Å². The van der Waals surface area contributed by atoms with E-state index in [0.717, 1.165) is 5.69 Å². The summed E-state index contributed by atoms with van der Waals surface area (Å²) in [5, 5.41) is 4.07. The highest BCUT2D eigenvalue weighted by Crippen LogP contribution is 2.25. The van der Waals surface area contributed by atoms with Crippen LogP contribution in [0.1, 0.15) is 11.4 Å². The lowest BCUT2D eigenvalue weighted by atomic mass is 10.4. The Bertz CT molecular complexity index is 724. The third-order valence-electron chi connectivity index (χ3n) is 2.68. The highest BCUT2D eigenvalue weighted by atomic mass is 79.9. The molecule has 0 fully saturated rings. The Labute approximate surface area is 119 Å². The summed E-state index contributed by atoms with van der Waals surface area (Å²) in [6.07, 6.45) is 1.41. The molecule has 0 saturated carbocycles. The third-order valence-corrected chi connectivity index (χ3v) is 5.30. The lowest BCUT2D eigenvalue weighted by Gasteiger charge is -2.07. The van der Waals surface area contributed by atoms with Crippen LogP contribution in [-0.4, -0.2) is 23.2 Å². The molecule has 0 radical (unpaired) electrons. The lowest BCUT2D eigenvalue weighted by Crippen LogP contribution is -2.12. The number of anilines is 1. The highest BCUT2D eigenvalue weighted by Gasteiger charge is 2.24. The summed E-state index contributed by atoms with van der Waals surface area (Å²) in [4.78, 5) is 3.85. The molecule has 2 aromatic rings. The minimum Gasteiger partial charge on any atom is -0.396 e. The summed E-state index contributed by atoms with van der Waals surface area (Å²) in [7, 11) is -1.90. The first-order valence-electron chi connectivity index (χ1n) is 5.44. The molecule has 0 aromatic carbocycles. The zero-order valence-corrected chi connectivity index (χ0v) is 12.9. The monoisotopic (exact) mass is 344 g/mol. The van der Waals surface area contributed by atoms with Crippen LogP contribution < -0.4 is 5.73 Å². The van der Waals surface area contributed by atoms with E-state index in [4.69, 9.17) is 5.73 Å². The van der Waals surface area contributed by atoms with E-state index in [2.05, 4.69) is 26.0 Å². The number of pyridine rings is 1. The van der Waals surface area contributed by atoms with Gasteiger partial charge in [-0.05, 0) is 35.0 Å². The molecule has 0 amide bonds. The molecule has 2 rings (SSSR count). The van der Waals surface area contributed by atoms with Gasteiger partial charge in [-0.25, -0.2) is 13.4 Å². The normalized spacial score (nSPS) is 11.7. The summed E-state index contributed by atoms with van der Waals surface area (Å²) in [6, 6.07) is 3.11. The van der Waals surface area contributed by atoms with Crippen molar-refractivity contribution in [2.24, 2.45) is 7.05 Å². The van der Waals surface area contributed by atoms with Crippen LogP contribution in [0.15, 0.2) is 27.8 Å². The van der Waals surface area contributed by atoms with Gasteiger partial charge in [0.25, 0.3) is 0 Å². The molecule has 6 nitrogen and oxygen atoms in total. The second-order valence-corrected chi connectivity index (χ2v) is 6.82. The zero-order chi connectivity index (χ0) is 14.2. The first-order valence-corrected chi connectivity index (χ1v) is 7.88. The van der Waals surface area contributed by atoms with Crippen LogP contribution in [0, 0.1) is 6.92 Å². The van der Waals surface area contributed by atoms with Crippen molar-refractivity contribution in [3.05, 3.63) is 34.2 Å². The zero-order valence-electron chi connectivity index (χ0n) is 10.5. The van der Waals surface area contributed by atoms with E-state index in [9.17, 15) is 8.42 Å². The van der Waals surface area contributed by atoms with Gasteiger partial charge < -0.3 is 5.73 Å². The largest absolute Gasteiger partial charge is 0.396 e. The number of rotatable bonds is 3. The molecule has 102 valence electrons. The quantitative estimate of drug-likeness (QED) is 0.909. The first-order chi connectivity index (χ1) is 8.83. The highest BCUT2D eigenvalue weighted by molar-refractivity contribution is 9.10. The van der Waals surface area contributed by atoms with Crippen molar-refractivity contribution in [2.45, 2.75) is 17.7 Å². The minimum absolute atomic E-state index is 0.0965. The van der Waals surface area contributed by atoms with Crippen LogP contribution in [0.5, 0.6) is 0 Å². The van der Waals surface area contributed by atoms with Crippen molar-refractivity contribution < 1.29 is 8.42 Å². The predicted molar refractivity (Wildman–Crippen MR) is 75.2 cm³/mol. The van der Waals surface area contributed by atoms with Crippen LogP contribution >= 0.6 is 15.9 Å². The number of hydrogen-bond acceptors (Lipinski definition) is 5. The molecule has 2 aromatic heterocycles. The molecule has 2 heterocycles. The number of nitrogens with zero attached hydrogens (tertiary/aromatic N) is 3. The van der Waals surface area contributed by atoms with Gasteiger partial charge in [0.1, 0.15) is 0 Å². The van der Waals surface area contributed by atoms with E-state index >= 15 is 0 Å². The maximum Gasteiger partial charge on any atom is 0.203 e. The molecule has 0 aliphatic heterocycles. The number of sulfone groups is 1. The molecule has 19 heavy (non-hydrogen) atoms. The van der Waals surface area contributed by atoms with Crippen molar-refractivity contribution in [1.29, 1.82) is 0 Å². The van der Waals surface area contributed by atoms with Gasteiger partial charge in [0.15, 0.2) is 5.03 Å². The molecular weight excluding hydrogens is 332 g/mol. The van der Waals surface area contributed by atoms with Crippen LogP contribution in [-0.2, 0) is 22.6 Å². The molecule has 0 saturated heterocycles. The summed E-state index contributed by atoms with van der Waals surface area (Å²) >= 11 is 3.35. The van der Waals surface area contributed by atoms with Gasteiger partial charge in [-0.15, -0.1) is 0 Å². The second-order valence-electron chi connectivity index (χ2n) is 4.13. The number of nitrogen functional groups attached to an aromatic ring is 1. The van der Waals surface area contributed by atoms with Gasteiger partial charge in [0.05, 0.1) is 27.3 Å². The molecule has 2 N–H and O–H groups in total. The van der Waals surface area contributed by atoms with Crippen LogP contribution in [0.4, 0.5) is 5.69 Å². The van der Waals surface area contributed by atoms with E-state index < -0.39 is 9.84 Å². The smallest absolute Gasteiger partial charge is 0.203 e. The van der Waals surface area contributed by atoms with Crippen LogP contribution in [0.2, 0.25) is 0 Å². The summed E-state index contributed by atoms with van der Waals surface area (Å²) in [6.45, 7) is 1.80. The standard InChI is InChI=1S/C11H13BrN4O2S/c1-7-10(12)9(16(2)15-7)6-19(17,18)11-8(13)4-3-5-14-11/h3-5H,6,13H2,1-2H3. The summed E-state index contributed by atoms with van der Waals surface area (Å²) < 4.78 is 26.9. The summed E-state index contributed by atoms with van der Waals surface area (Å²) in [5.41, 5.74) is 7.13. The topological polar surface area (TPSA) is 90.9 Å². The van der Waals surface area contributed by atoms with E-state index in [0.29, 0.717) is 10.2 Å². The van der Waals surface area contributed by atoms with Crippen LogP contribution in [0.3, 0.4) is 0 Å². The molecule has 0 aliphatic carbocycles. The Hall–Kier alpha value is -1.41. The van der Waals surface area contributed by atoms with Crippen LogP contribution in [0.25, 0.3) is 0 Å². The molecular formula is C11H13BrN4O2S. The molecule has 0 unspecified atom stereocenters. The maximum atomic E-state index is 12.3. The fourth-order valence-electron chi connectivity index (χ4n) is 1.75. The number of aryl methyl sites for hydroxylation is 2. The van der Waals surface area contributed by atoms with Crippen molar-refractivity contribution in [2.75, 3.05) is 5.73 Å². The van der Waals surface area contributed by atoms with E-state index in [1.165, 1.54) is 16.9 Å². The Balaban J connectivity index is 2.46. The lowest BCUT2D eigenvalue weighted by molar-refractivity contribution is 0.588. The SMILES string of the molecule is Cc1nn(C)c(CS(=O)(=O)c2ncccc2N)c1Br. The van der Waals surface area contributed by atoms with Gasteiger partial charge in [-0.1, -0.05) is 0 Å². The van der Waals surface area contributed by atoms with E-state index in [-0.39, 0.29) is 16.5 Å². The van der Waals surface area contributed by atoms with Crippen molar-refractivity contribution in [1.82, 2.24) is 14.8 Å².